The van der Waals surface area contributed by atoms with Crippen LogP contribution in [0.5, 0.6) is 0 Å². The van der Waals surface area contributed by atoms with E-state index in [9.17, 15) is 9.59 Å². The Balaban J connectivity index is 1.75. The number of carbonyl (C=O) groups is 1. The third-order valence-corrected chi connectivity index (χ3v) is 5.02. The molecule has 8 nitrogen and oxygen atoms in total. The van der Waals surface area contributed by atoms with E-state index in [2.05, 4.69) is 15.2 Å². The highest BCUT2D eigenvalue weighted by Crippen LogP contribution is 2.32. The van der Waals surface area contributed by atoms with Crippen molar-refractivity contribution in [3.05, 3.63) is 51.3 Å². The number of nitrogens with one attached hydrogen (secondary N) is 1. The molecule has 0 spiro atoms. The lowest BCUT2D eigenvalue weighted by Crippen LogP contribution is -2.32. The lowest BCUT2D eigenvalue weighted by atomic mass is 10.1. The molecule has 0 radical (unpaired) electrons. The van der Waals surface area contributed by atoms with Crippen LogP contribution >= 0.6 is 0 Å². The van der Waals surface area contributed by atoms with Crippen molar-refractivity contribution in [3.63, 3.8) is 0 Å². The van der Waals surface area contributed by atoms with Gasteiger partial charge in [-0.2, -0.15) is 5.10 Å². The predicted octanol–water partition coefficient (Wildman–Crippen LogP) is 1.35. The SMILES string of the molecule is Cc1nc2cc([C@H]3CCCN3C(=O)c3ccnn3C)[nH]n2c(=O)c1C. The Bertz CT molecular complexity index is 1030. The highest BCUT2D eigenvalue weighted by atomic mass is 16.2. The molecule has 1 saturated heterocycles. The molecule has 1 aliphatic heterocycles. The average molecular weight is 340 g/mol. The number of H-pyrrole nitrogens is 1. The van der Waals surface area contributed by atoms with E-state index < -0.39 is 0 Å². The zero-order valence-corrected chi connectivity index (χ0v) is 14.5. The van der Waals surface area contributed by atoms with E-state index in [0.717, 1.165) is 24.2 Å². The van der Waals surface area contributed by atoms with Crippen molar-refractivity contribution >= 4 is 11.6 Å². The molecule has 130 valence electrons. The summed E-state index contributed by atoms with van der Waals surface area (Å²) in [5, 5.41) is 7.22. The standard InChI is InChI=1S/C17H20N6O2/c1-10-11(2)19-15-9-12(20-23(15)16(10)24)13-5-4-8-22(13)17(25)14-6-7-18-21(14)3/h6-7,9,13,20H,4-5,8H2,1-3H3/t13-/m1/s1. The molecule has 1 atom stereocenters. The average Bonchev–Trinajstić information content (AvgIpc) is 3.30. The molecule has 1 amide bonds. The van der Waals surface area contributed by atoms with Gasteiger partial charge in [-0.05, 0) is 32.8 Å². The van der Waals surface area contributed by atoms with Crippen molar-refractivity contribution in [1.29, 1.82) is 0 Å². The van der Waals surface area contributed by atoms with Crippen LogP contribution in [0, 0.1) is 13.8 Å². The number of nitrogens with zero attached hydrogens (tertiary/aromatic N) is 5. The highest BCUT2D eigenvalue weighted by molar-refractivity contribution is 5.93. The summed E-state index contributed by atoms with van der Waals surface area (Å²) in [4.78, 5) is 31.6. The second-order valence-corrected chi connectivity index (χ2v) is 6.53. The van der Waals surface area contributed by atoms with Gasteiger partial charge in [0.2, 0.25) is 0 Å². The van der Waals surface area contributed by atoms with Gasteiger partial charge in [0.05, 0.1) is 11.7 Å². The van der Waals surface area contributed by atoms with Crippen molar-refractivity contribution < 1.29 is 4.79 Å². The lowest BCUT2D eigenvalue weighted by molar-refractivity contribution is 0.0721. The van der Waals surface area contributed by atoms with Crippen LogP contribution < -0.4 is 5.56 Å². The predicted molar refractivity (Wildman–Crippen MR) is 91.5 cm³/mol. The number of hydrogen-bond acceptors (Lipinski definition) is 4. The van der Waals surface area contributed by atoms with Crippen molar-refractivity contribution in [1.82, 2.24) is 29.3 Å². The molecule has 0 aliphatic carbocycles. The molecule has 0 bridgehead atoms. The van der Waals surface area contributed by atoms with Crippen LogP contribution in [0.3, 0.4) is 0 Å². The number of rotatable bonds is 2. The second kappa shape index (κ2) is 5.58. The Morgan fingerprint density at radius 1 is 1.36 bits per heavy atom. The molecule has 3 aromatic heterocycles. The van der Waals surface area contributed by atoms with Gasteiger partial charge in [-0.25, -0.2) is 9.50 Å². The molecule has 1 fully saturated rings. The Labute approximate surface area is 144 Å². The Morgan fingerprint density at radius 3 is 2.88 bits per heavy atom. The summed E-state index contributed by atoms with van der Waals surface area (Å²) in [6.07, 6.45) is 3.39. The molecule has 0 saturated carbocycles. The first-order valence-electron chi connectivity index (χ1n) is 8.35. The Morgan fingerprint density at radius 2 is 2.16 bits per heavy atom. The fourth-order valence-electron chi connectivity index (χ4n) is 3.47. The monoisotopic (exact) mass is 340 g/mol. The lowest BCUT2D eigenvalue weighted by Gasteiger charge is -2.23. The first-order valence-corrected chi connectivity index (χ1v) is 8.35. The number of aromatic amines is 1. The van der Waals surface area contributed by atoms with Gasteiger partial charge < -0.3 is 4.90 Å². The molecule has 25 heavy (non-hydrogen) atoms. The van der Waals surface area contributed by atoms with Gasteiger partial charge in [0.1, 0.15) is 5.69 Å². The van der Waals surface area contributed by atoms with Crippen LogP contribution in [0.25, 0.3) is 5.65 Å². The largest absolute Gasteiger partial charge is 0.329 e. The van der Waals surface area contributed by atoms with Crippen molar-refractivity contribution in [3.8, 4) is 0 Å². The van der Waals surface area contributed by atoms with Gasteiger partial charge in [0, 0.05) is 37.1 Å². The van der Waals surface area contributed by atoms with E-state index in [1.807, 2.05) is 17.9 Å². The number of aryl methyl sites for hydroxylation is 2. The highest BCUT2D eigenvalue weighted by Gasteiger charge is 2.33. The van der Waals surface area contributed by atoms with Crippen molar-refractivity contribution in [2.24, 2.45) is 7.05 Å². The summed E-state index contributed by atoms with van der Waals surface area (Å²) in [6, 6.07) is 3.50. The molecule has 4 rings (SSSR count). The van der Waals surface area contributed by atoms with Gasteiger partial charge in [0.15, 0.2) is 5.65 Å². The molecule has 1 aliphatic rings. The number of fused-ring (bicyclic) bond motifs is 1. The molecule has 0 aromatic carbocycles. The maximum atomic E-state index is 12.9. The third-order valence-electron chi connectivity index (χ3n) is 5.02. The van der Waals surface area contributed by atoms with Crippen LogP contribution in [0.4, 0.5) is 0 Å². The van der Waals surface area contributed by atoms with Gasteiger partial charge in [-0.15, -0.1) is 0 Å². The van der Waals surface area contributed by atoms with E-state index >= 15 is 0 Å². The van der Waals surface area contributed by atoms with Crippen LogP contribution in [0.15, 0.2) is 23.1 Å². The van der Waals surface area contributed by atoms with E-state index in [1.54, 1.807) is 30.9 Å². The maximum absolute atomic E-state index is 12.9. The number of likely N-dealkylation sites (tertiary alicyclic amines) is 1. The number of hydrogen-bond donors (Lipinski definition) is 1. The topological polar surface area (TPSA) is 88.3 Å². The minimum absolute atomic E-state index is 0.0474. The summed E-state index contributed by atoms with van der Waals surface area (Å²) in [7, 11) is 1.76. The molecular weight excluding hydrogens is 320 g/mol. The minimum atomic E-state index is -0.101. The van der Waals surface area contributed by atoms with E-state index in [1.165, 1.54) is 4.52 Å². The van der Waals surface area contributed by atoms with E-state index in [0.29, 0.717) is 23.4 Å². The molecule has 0 unspecified atom stereocenters. The summed E-state index contributed by atoms with van der Waals surface area (Å²) < 4.78 is 3.05. The second-order valence-electron chi connectivity index (χ2n) is 6.53. The fourth-order valence-corrected chi connectivity index (χ4v) is 3.47. The maximum Gasteiger partial charge on any atom is 0.275 e. The molecule has 4 heterocycles. The molecule has 3 aromatic rings. The summed E-state index contributed by atoms with van der Waals surface area (Å²) in [5.74, 6) is -0.0474. The fraction of sp³-hybridized carbons (Fsp3) is 0.412. The first kappa shape index (κ1) is 15.6. The van der Waals surface area contributed by atoms with Crippen molar-refractivity contribution in [2.45, 2.75) is 32.7 Å². The number of carbonyl (C=O) groups excluding carboxylic acids is 1. The Hall–Kier alpha value is -2.90. The van der Waals surface area contributed by atoms with Crippen molar-refractivity contribution in [2.75, 3.05) is 6.54 Å². The van der Waals surface area contributed by atoms with Crippen LogP contribution in [0.1, 0.15) is 46.3 Å². The van der Waals surface area contributed by atoms with Crippen LogP contribution in [0.2, 0.25) is 0 Å². The normalized spacial score (nSPS) is 17.6. The minimum Gasteiger partial charge on any atom is -0.329 e. The molecule has 8 heteroatoms. The molecular formula is C17H20N6O2. The van der Waals surface area contributed by atoms with E-state index in [-0.39, 0.29) is 17.5 Å². The van der Waals surface area contributed by atoms with Gasteiger partial charge in [-0.1, -0.05) is 0 Å². The van der Waals surface area contributed by atoms with Gasteiger partial charge >= 0.3 is 0 Å². The third kappa shape index (κ3) is 2.36. The first-order chi connectivity index (χ1) is 12.0. The Kier molecular flexibility index (Phi) is 3.48. The van der Waals surface area contributed by atoms with Gasteiger partial charge in [-0.3, -0.25) is 19.4 Å². The zero-order valence-electron chi connectivity index (χ0n) is 14.5. The number of aromatic nitrogens is 5. The summed E-state index contributed by atoms with van der Waals surface area (Å²) >= 11 is 0. The molecule has 1 N–H and O–H groups in total. The quantitative estimate of drug-likeness (QED) is 0.763. The van der Waals surface area contributed by atoms with Crippen LogP contribution in [-0.4, -0.2) is 41.7 Å². The van der Waals surface area contributed by atoms with E-state index in [4.69, 9.17) is 0 Å². The smallest absolute Gasteiger partial charge is 0.275 e. The zero-order chi connectivity index (χ0) is 17.7. The summed E-state index contributed by atoms with van der Waals surface area (Å²) in [6.45, 7) is 4.28. The summed E-state index contributed by atoms with van der Waals surface area (Å²) in [5.41, 5.74) is 3.23. The van der Waals surface area contributed by atoms with Crippen LogP contribution in [-0.2, 0) is 7.05 Å². The number of amides is 1. The van der Waals surface area contributed by atoms with Gasteiger partial charge in [0.25, 0.3) is 11.5 Å².